The van der Waals surface area contributed by atoms with Crippen LogP contribution in [-0.2, 0) is 20.8 Å². The summed E-state index contributed by atoms with van der Waals surface area (Å²) in [5.74, 6) is -0.800. The highest BCUT2D eigenvalue weighted by Crippen LogP contribution is 2.04. The van der Waals surface area contributed by atoms with E-state index in [4.69, 9.17) is 4.84 Å². The van der Waals surface area contributed by atoms with Gasteiger partial charge < -0.3 is 14.9 Å². The number of methoxy groups -OCH3 is 1. The second-order valence-corrected chi connectivity index (χ2v) is 5.47. The summed E-state index contributed by atoms with van der Waals surface area (Å²) >= 11 is 0. The zero-order valence-corrected chi connectivity index (χ0v) is 14.1. The molecule has 0 spiro atoms. The highest BCUT2D eigenvalue weighted by Gasteiger charge is 2.14. The summed E-state index contributed by atoms with van der Waals surface area (Å²) in [7, 11) is 1.34. The number of hydrogen-bond donors (Lipinski definition) is 2. The molecule has 2 N–H and O–H groups in total. The number of esters is 1. The first-order valence-electron chi connectivity index (χ1n) is 8.02. The van der Waals surface area contributed by atoms with Gasteiger partial charge in [0.2, 0.25) is 0 Å². The molecule has 0 saturated heterocycles. The molecule has 0 saturated carbocycles. The van der Waals surface area contributed by atoms with E-state index in [1.54, 1.807) is 24.3 Å². The minimum Gasteiger partial charge on any atom is -0.468 e. The number of ether oxygens (including phenoxy) is 1. The van der Waals surface area contributed by atoms with E-state index in [-0.39, 0.29) is 18.6 Å². The lowest BCUT2D eigenvalue weighted by Gasteiger charge is -2.18. The fourth-order valence-corrected chi connectivity index (χ4v) is 2.24. The summed E-state index contributed by atoms with van der Waals surface area (Å²) < 4.78 is 4.60. The largest absolute Gasteiger partial charge is 0.468 e. The van der Waals surface area contributed by atoms with Gasteiger partial charge in [-0.05, 0) is 24.1 Å². The normalized spacial score (nSPS) is 11.6. The van der Waals surface area contributed by atoms with Crippen molar-refractivity contribution >= 4 is 11.9 Å². The highest BCUT2D eigenvalue weighted by atomic mass is 16.7. The lowest BCUT2D eigenvalue weighted by Crippen LogP contribution is -2.42. The SMILES string of the molecule is COC(=O)CNC[C@H](Cc1ccccc1)NOC(=O)c1ccccc1. The van der Waals surface area contributed by atoms with Crippen molar-refractivity contribution in [3.8, 4) is 0 Å². The molecule has 0 amide bonds. The third-order valence-electron chi connectivity index (χ3n) is 3.54. The van der Waals surface area contributed by atoms with E-state index in [0.29, 0.717) is 18.5 Å². The Labute approximate surface area is 147 Å². The van der Waals surface area contributed by atoms with Crippen molar-refractivity contribution < 1.29 is 19.2 Å². The lowest BCUT2D eigenvalue weighted by molar-refractivity contribution is -0.139. The van der Waals surface area contributed by atoms with Crippen LogP contribution in [0.3, 0.4) is 0 Å². The molecule has 0 heterocycles. The average molecular weight is 342 g/mol. The van der Waals surface area contributed by atoms with Crippen LogP contribution < -0.4 is 10.8 Å². The van der Waals surface area contributed by atoms with E-state index in [1.807, 2.05) is 36.4 Å². The first kappa shape index (κ1) is 18.6. The van der Waals surface area contributed by atoms with Crippen LogP contribution in [0.25, 0.3) is 0 Å². The van der Waals surface area contributed by atoms with Gasteiger partial charge in [-0.15, -0.1) is 5.48 Å². The number of carbonyl (C=O) groups excluding carboxylic acids is 2. The van der Waals surface area contributed by atoms with E-state index in [1.165, 1.54) is 7.11 Å². The van der Waals surface area contributed by atoms with Crippen molar-refractivity contribution in [3.63, 3.8) is 0 Å². The molecule has 25 heavy (non-hydrogen) atoms. The zero-order chi connectivity index (χ0) is 17.9. The predicted molar refractivity (Wildman–Crippen MR) is 93.8 cm³/mol. The number of carbonyl (C=O) groups is 2. The van der Waals surface area contributed by atoms with Gasteiger partial charge in [0.25, 0.3) is 0 Å². The summed E-state index contributed by atoms with van der Waals surface area (Å²) in [6.07, 6.45) is 0.636. The molecule has 0 fully saturated rings. The highest BCUT2D eigenvalue weighted by molar-refractivity contribution is 5.89. The fourth-order valence-electron chi connectivity index (χ4n) is 2.24. The first-order valence-corrected chi connectivity index (χ1v) is 8.02. The van der Waals surface area contributed by atoms with Gasteiger partial charge in [0.05, 0.1) is 25.3 Å². The number of nitrogens with one attached hydrogen (secondary N) is 2. The van der Waals surface area contributed by atoms with Crippen LogP contribution in [0.4, 0.5) is 0 Å². The monoisotopic (exact) mass is 342 g/mol. The second kappa shape index (κ2) is 10.2. The van der Waals surface area contributed by atoms with Crippen LogP contribution in [0.15, 0.2) is 60.7 Å². The molecular formula is C19H22N2O4. The van der Waals surface area contributed by atoms with Gasteiger partial charge in [-0.2, -0.15) is 0 Å². The van der Waals surface area contributed by atoms with Crippen molar-refractivity contribution in [2.75, 3.05) is 20.2 Å². The fraction of sp³-hybridized carbons (Fsp3) is 0.263. The molecule has 2 aromatic carbocycles. The standard InChI is InChI=1S/C19H22N2O4/c1-24-18(22)14-20-13-17(12-15-8-4-2-5-9-15)21-25-19(23)16-10-6-3-7-11-16/h2-11,17,20-21H,12-14H2,1H3/t17-/m0/s1. The van der Waals surface area contributed by atoms with Gasteiger partial charge in [0, 0.05) is 6.54 Å². The topological polar surface area (TPSA) is 76.7 Å². The summed E-state index contributed by atoms with van der Waals surface area (Å²) in [5.41, 5.74) is 4.36. The molecule has 6 nitrogen and oxygen atoms in total. The van der Waals surface area contributed by atoms with Crippen LogP contribution in [0.5, 0.6) is 0 Å². The predicted octanol–water partition coefficient (Wildman–Crippen LogP) is 1.72. The Balaban J connectivity index is 1.91. The Hall–Kier alpha value is -2.70. The van der Waals surface area contributed by atoms with Crippen LogP contribution in [0, 0.1) is 0 Å². The second-order valence-electron chi connectivity index (χ2n) is 5.47. The molecule has 0 aliphatic carbocycles. The van der Waals surface area contributed by atoms with Crippen molar-refractivity contribution in [1.82, 2.24) is 10.8 Å². The molecule has 0 unspecified atom stereocenters. The molecule has 0 aliphatic heterocycles. The van der Waals surface area contributed by atoms with Gasteiger partial charge in [0.15, 0.2) is 0 Å². The summed E-state index contributed by atoms with van der Waals surface area (Å²) in [5, 5.41) is 2.99. The summed E-state index contributed by atoms with van der Waals surface area (Å²) in [6.45, 7) is 0.530. The van der Waals surface area contributed by atoms with Gasteiger partial charge in [-0.1, -0.05) is 48.5 Å². The van der Waals surface area contributed by atoms with E-state index in [2.05, 4.69) is 15.5 Å². The van der Waals surface area contributed by atoms with Crippen LogP contribution in [-0.4, -0.2) is 38.2 Å². The summed E-state index contributed by atoms with van der Waals surface area (Å²) in [4.78, 5) is 28.5. The lowest BCUT2D eigenvalue weighted by atomic mass is 10.1. The maximum Gasteiger partial charge on any atom is 0.356 e. The average Bonchev–Trinajstić information content (AvgIpc) is 2.67. The minimum absolute atomic E-state index is 0.0934. The zero-order valence-electron chi connectivity index (χ0n) is 14.1. The Morgan fingerprint density at radius 3 is 2.28 bits per heavy atom. The van der Waals surface area contributed by atoms with E-state index < -0.39 is 5.97 Å². The van der Waals surface area contributed by atoms with Crippen LogP contribution >= 0.6 is 0 Å². The van der Waals surface area contributed by atoms with Gasteiger partial charge in [-0.3, -0.25) is 4.79 Å². The third kappa shape index (κ3) is 6.74. The number of hydroxylamine groups is 1. The Morgan fingerprint density at radius 1 is 1.00 bits per heavy atom. The smallest absolute Gasteiger partial charge is 0.356 e. The molecular weight excluding hydrogens is 320 g/mol. The van der Waals surface area contributed by atoms with E-state index in [9.17, 15) is 9.59 Å². The van der Waals surface area contributed by atoms with Crippen LogP contribution in [0.1, 0.15) is 15.9 Å². The molecule has 2 rings (SSSR count). The van der Waals surface area contributed by atoms with Crippen molar-refractivity contribution in [1.29, 1.82) is 0 Å². The maximum absolute atomic E-state index is 12.1. The molecule has 132 valence electrons. The quantitative estimate of drug-likeness (QED) is 0.534. The minimum atomic E-state index is -0.452. The van der Waals surface area contributed by atoms with Gasteiger partial charge >= 0.3 is 11.9 Å². The molecule has 0 radical (unpaired) electrons. The van der Waals surface area contributed by atoms with Crippen molar-refractivity contribution in [2.45, 2.75) is 12.5 Å². The third-order valence-corrected chi connectivity index (χ3v) is 3.54. The van der Waals surface area contributed by atoms with E-state index >= 15 is 0 Å². The molecule has 6 heteroatoms. The maximum atomic E-state index is 12.1. The van der Waals surface area contributed by atoms with Crippen molar-refractivity contribution in [2.24, 2.45) is 0 Å². The van der Waals surface area contributed by atoms with Crippen LogP contribution in [0.2, 0.25) is 0 Å². The Morgan fingerprint density at radius 2 is 1.64 bits per heavy atom. The molecule has 1 atom stereocenters. The number of benzene rings is 2. The Kier molecular flexibility index (Phi) is 7.62. The molecule has 0 aromatic heterocycles. The van der Waals surface area contributed by atoms with Gasteiger partial charge in [0.1, 0.15) is 0 Å². The molecule has 2 aromatic rings. The number of hydrogen-bond acceptors (Lipinski definition) is 6. The summed E-state index contributed by atoms with van der Waals surface area (Å²) in [6, 6.07) is 18.4. The first-order chi connectivity index (χ1) is 12.2. The molecule has 0 bridgehead atoms. The van der Waals surface area contributed by atoms with Crippen molar-refractivity contribution in [3.05, 3.63) is 71.8 Å². The number of rotatable bonds is 9. The van der Waals surface area contributed by atoms with Gasteiger partial charge in [-0.25, -0.2) is 4.79 Å². The Bertz CT molecular complexity index is 662. The molecule has 0 aliphatic rings. The van der Waals surface area contributed by atoms with E-state index in [0.717, 1.165) is 5.56 Å².